The van der Waals surface area contributed by atoms with Gasteiger partial charge in [-0.2, -0.15) is 0 Å². The van der Waals surface area contributed by atoms with Gasteiger partial charge in [0, 0.05) is 33.0 Å². The van der Waals surface area contributed by atoms with E-state index >= 15 is 0 Å². The van der Waals surface area contributed by atoms with E-state index in [0.717, 1.165) is 11.1 Å². The van der Waals surface area contributed by atoms with Crippen LogP contribution in [0.5, 0.6) is 0 Å². The minimum Gasteiger partial charge on any atom is -0.480 e. The summed E-state index contributed by atoms with van der Waals surface area (Å²) in [5.74, 6) is -1.32. The number of hydrogen-bond donors (Lipinski definition) is 1. The lowest BCUT2D eigenvalue weighted by molar-refractivity contribution is -0.148. The SMILES string of the molecule is CC(C(=O)O)N(C)C(=O)CCCN(C)C(=O)OCC1c2ccccc2-c2ccccc21. The summed E-state index contributed by atoms with van der Waals surface area (Å²) in [6.45, 7) is 2.05. The van der Waals surface area contributed by atoms with Gasteiger partial charge in [0.1, 0.15) is 12.6 Å². The molecule has 1 aliphatic rings. The van der Waals surface area contributed by atoms with E-state index in [2.05, 4.69) is 24.3 Å². The number of ether oxygens (including phenoxy) is 1. The first-order valence-electron chi connectivity index (χ1n) is 10.4. The predicted octanol–water partition coefficient (Wildman–Crippen LogP) is 3.58. The van der Waals surface area contributed by atoms with Gasteiger partial charge in [-0.1, -0.05) is 48.5 Å². The molecule has 1 aliphatic carbocycles. The zero-order valence-electron chi connectivity index (χ0n) is 18.1. The van der Waals surface area contributed by atoms with Gasteiger partial charge in [-0.05, 0) is 35.6 Å². The molecule has 0 aromatic heterocycles. The highest BCUT2D eigenvalue weighted by Gasteiger charge is 2.29. The first kappa shape index (κ1) is 22.3. The fourth-order valence-corrected chi connectivity index (χ4v) is 3.82. The number of aliphatic carboxylic acids is 1. The van der Waals surface area contributed by atoms with E-state index in [9.17, 15) is 14.4 Å². The van der Waals surface area contributed by atoms with E-state index < -0.39 is 18.1 Å². The Morgan fingerprint density at radius 2 is 1.55 bits per heavy atom. The van der Waals surface area contributed by atoms with Crippen LogP contribution in [0.2, 0.25) is 0 Å². The second kappa shape index (κ2) is 9.64. The van der Waals surface area contributed by atoms with Crippen LogP contribution in [0.4, 0.5) is 4.79 Å². The lowest BCUT2D eigenvalue weighted by Crippen LogP contribution is -2.40. The van der Waals surface area contributed by atoms with Crippen LogP contribution in [0, 0.1) is 0 Å². The Morgan fingerprint density at radius 1 is 1.00 bits per heavy atom. The Kier molecular flexibility index (Phi) is 6.95. The molecule has 3 rings (SSSR count). The summed E-state index contributed by atoms with van der Waals surface area (Å²) in [6.07, 6.45) is 0.146. The minimum atomic E-state index is -1.05. The predicted molar refractivity (Wildman–Crippen MR) is 117 cm³/mol. The third kappa shape index (κ3) is 4.87. The van der Waals surface area contributed by atoms with Crippen LogP contribution in [0.25, 0.3) is 11.1 Å². The monoisotopic (exact) mass is 424 g/mol. The van der Waals surface area contributed by atoms with Crippen molar-refractivity contribution in [2.24, 2.45) is 0 Å². The van der Waals surface area contributed by atoms with Gasteiger partial charge in [-0.25, -0.2) is 9.59 Å². The van der Waals surface area contributed by atoms with Crippen molar-refractivity contribution >= 4 is 18.0 Å². The van der Waals surface area contributed by atoms with Crippen LogP contribution in [-0.4, -0.2) is 66.2 Å². The third-order valence-corrected chi connectivity index (χ3v) is 5.86. The molecule has 1 unspecified atom stereocenters. The summed E-state index contributed by atoms with van der Waals surface area (Å²) in [4.78, 5) is 38.2. The van der Waals surface area contributed by atoms with Crippen LogP contribution >= 0.6 is 0 Å². The summed E-state index contributed by atoms with van der Waals surface area (Å²) in [5.41, 5.74) is 4.65. The zero-order chi connectivity index (χ0) is 22.5. The molecular weight excluding hydrogens is 396 g/mol. The Labute approximate surface area is 182 Å². The first-order valence-corrected chi connectivity index (χ1v) is 10.4. The molecule has 7 nitrogen and oxygen atoms in total. The van der Waals surface area contributed by atoms with E-state index in [4.69, 9.17) is 9.84 Å². The second-order valence-electron chi connectivity index (χ2n) is 7.85. The maximum absolute atomic E-state index is 12.5. The molecule has 7 heteroatoms. The summed E-state index contributed by atoms with van der Waals surface area (Å²) >= 11 is 0. The van der Waals surface area contributed by atoms with Crippen LogP contribution in [0.15, 0.2) is 48.5 Å². The number of likely N-dealkylation sites (N-methyl/N-ethyl adjacent to an activating group) is 1. The molecule has 0 saturated heterocycles. The van der Waals surface area contributed by atoms with Crippen molar-refractivity contribution in [2.45, 2.75) is 31.7 Å². The highest BCUT2D eigenvalue weighted by atomic mass is 16.6. The smallest absolute Gasteiger partial charge is 0.409 e. The molecule has 1 atom stereocenters. The lowest BCUT2D eigenvalue weighted by Gasteiger charge is -2.22. The van der Waals surface area contributed by atoms with Crippen molar-refractivity contribution in [2.75, 3.05) is 27.2 Å². The second-order valence-corrected chi connectivity index (χ2v) is 7.85. The van der Waals surface area contributed by atoms with Crippen molar-refractivity contribution < 1.29 is 24.2 Å². The minimum absolute atomic E-state index is 0.00233. The van der Waals surface area contributed by atoms with Crippen LogP contribution in [0.1, 0.15) is 36.8 Å². The number of carboxylic acids is 1. The van der Waals surface area contributed by atoms with E-state index in [0.29, 0.717) is 13.0 Å². The molecular formula is C24H28N2O5. The number of rotatable bonds is 8. The van der Waals surface area contributed by atoms with Gasteiger partial charge in [0.25, 0.3) is 0 Å². The van der Waals surface area contributed by atoms with Gasteiger partial charge in [-0.3, -0.25) is 4.79 Å². The number of amides is 2. The molecule has 1 N–H and O–H groups in total. The number of hydrogen-bond acceptors (Lipinski definition) is 4. The zero-order valence-corrected chi connectivity index (χ0v) is 18.1. The highest BCUT2D eigenvalue weighted by Crippen LogP contribution is 2.44. The molecule has 0 bridgehead atoms. The summed E-state index contributed by atoms with van der Waals surface area (Å²) < 4.78 is 5.59. The number of carbonyl (C=O) groups excluding carboxylic acids is 2. The van der Waals surface area contributed by atoms with Crippen molar-refractivity contribution in [3.63, 3.8) is 0 Å². The largest absolute Gasteiger partial charge is 0.480 e. The average molecular weight is 424 g/mol. The van der Waals surface area contributed by atoms with Crippen LogP contribution < -0.4 is 0 Å². The summed E-state index contributed by atoms with van der Waals surface area (Å²) in [6, 6.07) is 15.4. The van der Waals surface area contributed by atoms with Gasteiger partial charge in [0.05, 0.1) is 0 Å². The number of fused-ring (bicyclic) bond motifs is 3. The van der Waals surface area contributed by atoms with Crippen molar-refractivity contribution in [1.82, 2.24) is 9.80 Å². The molecule has 31 heavy (non-hydrogen) atoms. The third-order valence-electron chi connectivity index (χ3n) is 5.86. The first-order chi connectivity index (χ1) is 14.8. The highest BCUT2D eigenvalue weighted by molar-refractivity contribution is 5.83. The molecule has 164 valence electrons. The number of carbonyl (C=O) groups is 3. The Hall–Kier alpha value is -3.35. The molecule has 0 saturated carbocycles. The molecule has 0 aliphatic heterocycles. The topological polar surface area (TPSA) is 87.2 Å². The lowest BCUT2D eigenvalue weighted by atomic mass is 9.98. The Balaban J connectivity index is 1.51. The standard InChI is InChI=1S/C24H28N2O5/c1-16(23(28)29)26(3)22(27)13-8-14-25(2)24(30)31-15-21-19-11-6-4-9-17(19)18-10-5-7-12-20(18)21/h4-7,9-12,16,21H,8,13-15H2,1-3H3,(H,28,29). The van der Waals surface area contributed by atoms with Crippen molar-refractivity contribution in [1.29, 1.82) is 0 Å². The van der Waals surface area contributed by atoms with Gasteiger partial charge < -0.3 is 19.6 Å². The fourth-order valence-electron chi connectivity index (χ4n) is 3.82. The molecule has 0 heterocycles. The maximum Gasteiger partial charge on any atom is 0.409 e. The quantitative estimate of drug-likeness (QED) is 0.700. The molecule has 2 amide bonds. The van der Waals surface area contributed by atoms with E-state index in [1.807, 2.05) is 24.3 Å². The van der Waals surface area contributed by atoms with E-state index in [1.165, 1.54) is 34.9 Å². The van der Waals surface area contributed by atoms with E-state index in [1.54, 1.807) is 7.05 Å². The Morgan fingerprint density at radius 3 is 2.10 bits per heavy atom. The van der Waals surface area contributed by atoms with Gasteiger partial charge in [0.2, 0.25) is 5.91 Å². The molecule has 0 spiro atoms. The van der Waals surface area contributed by atoms with Gasteiger partial charge >= 0.3 is 12.1 Å². The average Bonchev–Trinajstić information content (AvgIpc) is 3.09. The van der Waals surface area contributed by atoms with Gasteiger partial charge in [-0.15, -0.1) is 0 Å². The molecule has 0 fully saturated rings. The summed E-state index contributed by atoms with van der Waals surface area (Å²) in [5, 5.41) is 9.00. The number of nitrogens with zero attached hydrogens (tertiary/aromatic N) is 2. The normalized spacial score (nSPS) is 13.1. The molecule has 2 aromatic rings. The molecule has 2 aromatic carbocycles. The molecule has 0 radical (unpaired) electrons. The van der Waals surface area contributed by atoms with Crippen molar-refractivity contribution in [3.05, 3.63) is 59.7 Å². The van der Waals surface area contributed by atoms with Crippen LogP contribution in [-0.2, 0) is 14.3 Å². The van der Waals surface area contributed by atoms with Gasteiger partial charge in [0.15, 0.2) is 0 Å². The maximum atomic E-state index is 12.5. The van der Waals surface area contributed by atoms with E-state index in [-0.39, 0.29) is 24.9 Å². The Bertz CT molecular complexity index is 928. The van der Waals surface area contributed by atoms with Crippen LogP contribution in [0.3, 0.4) is 0 Å². The van der Waals surface area contributed by atoms with Crippen molar-refractivity contribution in [3.8, 4) is 11.1 Å². The number of carboxylic acid groups (broad SMARTS) is 1. The number of benzene rings is 2. The fraction of sp³-hybridized carbons (Fsp3) is 0.375. The summed E-state index contributed by atoms with van der Waals surface area (Å²) in [7, 11) is 3.10.